The van der Waals surface area contributed by atoms with Crippen LogP contribution in [0.25, 0.3) is 0 Å². The fourth-order valence-corrected chi connectivity index (χ4v) is 2.11. The summed E-state index contributed by atoms with van der Waals surface area (Å²) in [6, 6.07) is 5.19. The van der Waals surface area contributed by atoms with Gasteiger partial charge in [-0.15, -0.1) is 0 Å². The van der Waals surface area contributed by atoms with Crippen LogP contribution >= 0.6 is 0 Å². The Bertz CT molecular complexity index is 472. The lowest BCUT2D eigenvalue weighted by Gasteiger charge is -2.12. The van der Waals surface area contributed by atoms with Crippen LogP contribution in [-0.2, 0) is 11.2 Å². The van der Waals surface area contributed by atoms with Crippen LogP contribution in [0.15, 0.2) is 18.2 Å². The van der Waals surface area contributed by atoms with Crippen molar-refractivity contribution in [3.8, 4) is 0 Å². The first kappa shape index (κ1) is 10.9. The van der Waals surface area contributed by atoms with Crippen molar-refractivity contribution in [1.29, 1.82) is 0 Å². The van der Waals surface area contributed by atoms with Crippen LogP contribution in [0.4, 0.5) is 0 Å². The standard InChI is InChI=1S/C13H14O3/c1-13(2)7-9-5-4-8(12(15)16-3)6-10(9)11(13)14/h4-6H,7H2,1-3H3. The van der Waals surface area contributed by atoms with Crippen LogP contribution in [0.3, 0.4) is 0 Å². The molecule has 0 fully saturated rings. The van der Waals surface area contributed by atoms with Crippen molar-refractivity contribution in [3.63, 3.8) is 0 Å². The van der Waals surface area contributed by atoms with Gasteiger partial charge in [0.05, 0.1) is 12.7 Å². The molecule has 0 saturated carbocycles. The molecule has 1 aromatic carbocycles. The molecule has 0 aliphatic heterocycles. The first-order valence-electron chi connectivity index (χ1n) is 5.22. The van der Waals surface area contributed by atoms with E-state index in [1.165, 1.54) is 7.11 Å². The molecule has 0 unspecified atom stereocenters. The van der Waals surface area contributed by atoms with E-state index in [0.717, 1.165) is 12.0 Å². The second kappa shape index (κ2) is 3.44. The Morgan fingerprint density at radius 1 is 1.38 bits per heavy atom. The van der Waals surface area contributed by atoms with Crippen LogP contribution in [-0.4, -0.2) is 18.9 Å². The molecule has 0 atom stereocenters. The first-order valence-corrected chi connectivity index (χ1v) is 5.22. The van der Waals surface area contributed by atoms with Crippen molar-refractivity contribution in [3.05, 3.63) is 34.9 Å². The van der Waals surface area contributed by atoms with Gasteiger partial charge in [0.25, 0.3) is 0 Å². The lowest BCUT2D eigenvalue weighted by Crippen LogP contribution is -2.19. The van der Waals surface area contributed by atoms with Gasteiger partial charge >= 0.3 is 5.97 Å². The Labute approximate surface area is 94.4 Å². The van der Waals surface area contributed by atoms with Gasteiger partial charge in [-0.25, -0.2) is 4.79 Å². The van der Waals surface area contributed by atoms with Gasteiger partial charge in [0.15, 0.2) is 5.78 Å². The lowest BCUT2D eigenvalue weighted by molar-refractivity contribution is 0.0600. The zero-order valence-corrected chi connectivity index (χ0v) is 9.66. The maximum absolute atomic E-state index is 12.0. The number of Topliss-reactive ketones (excluding diaryl/α,β-unsaturated/α-hetero) is 1. The van der Waals surface area contributed by atoms with E-state index in [1.807, 2.05) is 19.9 Å². The predicted molar refractivity (Wildman–Crippen MR) is 59.6 cm³/mol. The number of rotatable bonds is 1. The van der Waals surface area contributed by atoms with Crippen molar-refractivity contribution >= 4 is 11.8 Å². The first-order chi connectivity index (χ1) is 7.45. The van der Waals surface area contributed by atoms with Gasteiger partial charge in [0.2, 0.25) is 0 Å². The number of esters is 1. The average Bonchev–Trinajstić information content (AvgIpc) is 2.48. The van der Waals surface area contributed by atoms with Gasteiger partial charge in [-0.05, 0) is 24.1 Å². The van der Waals surface area contributed by atoms with Crippen LogP contribution in [0.5, 0.6) is 0 Å². The number of methoxy groups -OCH3 is 1. The summed E-state index contributed by atoms with van der Waals surface area (Å²) in [7, 11) is 1.33. The van der Waals surface area contributed by atoms with Crippen molar-refractivity contribution in [2.45, 2.75) is 20.3 Å². The third kappa shape index (κ3) is 1.52. The van der Waals surface area contributed by atoms with E-state index in [1.54, 1.807) is 12.1 Å². The number of hydrogen-bond acceptors (Lipinski definition) is 3. The summed E-state index contributed by atoms with van der Waals surface area (Å²) < 4.78 is 4.63. The Kier molecular flexibility index (Phi) is 2.34. The molecule has 0 bridgehead atoms. The van der Waals surface area contributed by atoms with E-state index < -0.39 is 5.97 Å². The third-order valence-corrected chi connectivity index (χ3v) is 3.02. The van der Waals surface area contributed by atoms with Crippen LogP contribution in [0.1, 0.15) is 40.1 Å². The predicted octanol–water partition coefficient (Wildman–Crippen LogP) is 2.24. The molecule has 84 valence electrons. The number of ketones is 1. The zero-order valence-electron chi connectivity index (χ0n) is 9.66. The van der Waals surface area contributed by atoms with Gasteiger partial charge in [-0.2, -0.15) is 0 Å². The summed E-state index contributed by atoms with van der Waals surface area (Å²) in [5.41, 5.74) is 1.76. The van der Waals surface area contributed by atoms with Crippen molar-refractivity contribution in [2.75, 3.05) is 7.11 Å². The van der Waals surface area contributed by atoms with Gasteiger partial charge in [-0.1, -0.05) is 19.9 Å². The van der Waals surface area contributed by atoms with E-state index in [2.05, 4.69) is 4.74 Å². The summed E-state index contributed by atoms with van der Waals surface area (Å²) in [6.45, 7) is 3.85. The number of carbonyl (C=O) groups is 2. The van der Waals surface area contributed by atoms with Gasteiger partial charge in [0, 0.05) is 11.0 Å². The Morgan fingerprint density at radius 2 is 2.06 bits per heavy atom. The van der Waals surface area contributed by atoms with Gasteiger partial charge < -0.3 is 4.74 Å². The second-order valence-electron chi connectivity index (χ2n) is 4.75. The number of ether oxygens (including phenoxy) is 1. The number of benzene rings is 1. The molecular formula is C13H14O3. The number of hydrogen-bond donors (Lipinski definition) is 0. The molecule has 0 spiro atoms. The molecule has 0 aromatic heterocycles. The largest absolute Gasteiger partial charge is 0.465 e. The molecule has 0 amide bonds. The SMILES string of the molecule is COC(=O)c1ccc2c(c1)C(=O)C(C)(C)C2. The van der Waals surface area contributed by atoms with E-state index >= 15 is 0 Å². The second-order valence-corrected chi connectivity index (χ2v) is 4.75. The summed E-state index contributed by atoms with van der Waals surface area (Å²) >= 11 is 0. The maximum Gasteiger partial charge on any atom is 0.337 e. The highest BCUT2D eigenvalue weighted by Crippen LogP contribution is 2.36. The Balaban J connectivity index is 2.47. The fourth-order valence-electron chi connectivity index (χ4n) is 2.11. The molecule has 0 radical (unpaired) electrons. The van der Waals surface area contributed by atoms with Crippen molar-refractivity contribution in [1.82, 2.24) is 0 Å². The molecule has 0 heterocycles. The van der Waals surface area contributed by atoms with Crippen molar-refractivity contribution in [2.24, 2.45) is 5.41 Å². The molecule has 3 heteroatoms. The van der Waals surface area contributed by atoms with E-state index in [-0.39, 0.29) is 11.2 Å². The highest BCUT2D eigenvalue weighted by Gasteiger charge is 2.37. The monoisotopic (exact) mass is 218 g/mol. The highest BCUT2D eigenvalue weighted by atomic mass is 16.5. The Hall–Kier alpha value is -1.64. The Morgan fingerprint density at radius 3 is 2.69 bits per heavy atom. The molecule has 0 saturated heterocycles. The lowest BCUT2D eigenvalue weighted by atomic mass is 9.89. The number of carbonyl (C=O) groups excluding carboxylic acids is 2. The molecule has 1 aliphatic rings. The van der Waals surface area contributed by atoms with Crippen LogP contribution < -0.4 is 0 Å². The van der Waals surface area contributed by atoms with Gasteiger partial charge in [-0.3, -0.25) is 4.79 Å². The molecule has 1 aliphatic carbocycles. The molecule has 1 aromatic rings. The highest BCUT2D eigenvalue weighted by molar-refractivity contribution is 6.06. The number of fused-ring (bicyclic) bond motifs is 1. The normalized spacial score (nSPS) is 17.1. The third-order valence-electron chi connectivity index (χ3n) is 3.02. The fraction of sp³-hybridized carbons (Fsp3) is 0.385. The average molecular weight is 218 g/mol. The minimum absolute atomic E-state index is 0.105. The summed E-state index contributed by atoms with van der Waals surface area (Å²) in [5.74, 6) is -0.298. The van der Waals surface area contributed by atoms with E-state index in [9.17, 15) is 9.59 Å². The molecule has 16 heavy (non-hydrogen) atoms. The zero-order chi connectivity index (χ0) is 11.9. The van der Waals surface area contributed by atoms with E-state index in [4.69, 9.17) is 0 Å². The van der Waals surface area contributed by atoms with Gasteiger partial charge in [0.1, 0.15) is 0 Å². The van der Waals surface area contributed by atoms with Crippen molar-refractivity contribution < 1.29 is 14.3 Å². The molecular weight excluding hydrogens is 204 g/mol. The summed E-state index contributed by atoms with van der Waals surface area (Å²) in [5, 5.41) is 0. The molecule has 3 nitrogen and oxygen atoms in total. The van der Waals surface area contributed by atoms with Crippen LogP contribution in [0, 0.1) is 5.41 Å². The minimum atomic E-state index is -0.402. The molecule has 2 rings (SSSR count). The van der Waals surface area contributed by atoms with Crippen LogP contribution in [0.2, 0.25) is 0 Å². The quantitative estimate of drug-likeness (QED) is 0.679. The summed E-state index contributed by atoms with van der Waals surface area (Å²) in [4.78, 5) is 23.4. The van der Waals surface area contributed by atoms with E-state index in [0.29, 0.717) is 11.1 Å². The maximum atomic E-state index is 12.0. The smallest absolute Gasteiger partial charge is 0.337 e. The summed E-state index contributed by atoms with van der Waals surface area (Å²) in [6.07, 6.45) is 0.739. The molecule has 0 N–H and O–H groups in total. The topological polar surface area (TPSA) is 43.4 Å². The minimum Gasteiger partial charge on any atom is -0.465 e.